The number of H-pyrrole nitrogens is 1. The van der Waals surface area contributed by atoms with Gasteiger partial charge in [0.05, 0.1) is 29.9 Å². The van der Waals surface area contributed by atoms with Gasteiger partial charge in [-0.25, -0.2) is 9.97 Å². The van der Waals surface area contributed by atoms with Gasteiger partial charge in [-0.15, -0.1) is 0 Å². The molecule has 0 saturated carbocycles. The predicted molar refractivity (Wildman–Crippen MR) is 89.9 cm³/mol. The fraction of sp³-hybridized carbons (Fsp3) is 0.250. The van der Waals surface area contributed by atoms with Gasteiger partial charge in [-0.2, -0.15) is 10.2 Å². The topological polar surface area (TPSA) is 97.5 Å². The lowest BCUT2D eigenvalue weighted by Crippen LogP contribution is -2.21. The molecule has 0 unspecified atom stereocenters. The summed E-state index contributed by atoms with van der Waals surface area (Å²) in [4.78, 5) is 9.02. The molecule has 4 rings (SSSR count). The third kappa shape index (κ3) is 2.51. The number of anilines is 2. The van der Waals surface area contributed by atoms with E-state index in [0.29, 0.717) is 22.9 Å². The minimum Gasteiger partial charge on any atom is -0.461 e. The van der Waals surface area contributed by atoms with Gasteiger partial charge < -0.3 is 9.73 Å². The van der Waals surface area contributed by atoms with E-state index >= 15 is 0 Å². The number of furan rings is 1. The van der Waals surface area contributed by atoms with Crippen LogP contribution in [0.15, 0.2) is 41.4 Å². The fourth-order valence-corrected chi connectivity index (χ4v) is 2.34. The van der Waals surface area contributed by atoms with Crippen molar-refractivity contribution in [3.8, 4) is 11.6 Å². The van der Waals surface area contributed by atoms with Crippen molar-refractivity contribution in [2.24, 2.45) is 0 Å². The van der Waals surface area contributed by atoms with Crippen molar-refractivity contribution in [3.63, 3.8) is 0 Å². The van der Waals surface area contributed by atoms with E-state index in [9.17, 15) is 0 Å². The molecule has 4 heterocycles. The summed E-state index contributed by atoms with van der Waals surface area (Å²) in [7, 11) is 0. The van der Waals surface area contributed by atoms with Crippen LogP contribution in [0, 0.1) is 0 Å². The highest BCUT2D eigenvalue weighted by Crippen LogP contribution is 2.26. The Bertz CT molecular complexity index is 976. The molecule has 0 radical (unpaired) electrons. The third-order valence-electron chi connectivity index (χ3n) is 3.57. The first-order valence-corrected chi connectivity index (χ1v) is 7.58. The summed E-state index contributed by atoms with van der Waals surface area (Å²) in [5.41, 5.74) is 2.19. The summed E-state index contributed by atoms with van der Waals surface area (Å²) in [5, 5.41) is 14.6. The highest BCUT2D eigenvalue weighted by Gasteiger charge is 2.16. The van der Waals surface area contributed by atoms with E-state index in [1.54, 1.807) is 24.7 Å². The Kier molecular flexibility index (Phi) is 3.12. The zero-order chi connectivity index (χ0) is 16.7. The lowest BCUT2D eigenvalue weighted by molar-refractivity contribution is 0.355. The summed E-state index contributed by atoms with van der Waals surface area (Å²) in [6.07, 6.45) is 6.96. The van der Waals surface area contributed by atoms with Gasteiger partial charge >= 0.3 is 0 Å². The van der Waals surface area contributed by atoms with Crippen molar-refractivity contribution in [1.82, 2.24) is 29.9 Å². The van der Waals surface area contributed by atoms with E-state index in [0.717, 1.165) is 11.2 Å². The molecule has 0 aliphatic heterocycles. The SMILES string of the molecule is CC(C)(C)n1cc(Nc2nc(-c3ccco3)nc3cn[nH]c23)cn1. The largest absolute Gasteiger partial charge is 0.461 e. The van der Waals surface area contributed by atoms with E-state index in [1.807, 2.05) is 16.9 Å². The molecule has 0 spiro atoms. The maximum atomic E-state index is 5.40. The Labute approximate surface area is 137 Å². The second kappa shape index (κ2) is 5.19. The van der Waals surface area contributed by atoms with Crippen LogP contribution in [0.4, 0.5) is 11.5 Å². The van der Waals surface area contributed by atoms with Crippen molar-refractivity contribution in [2.45, 2.75) is 26.3 Å². The zero-order valence-electron chi connectivity index (χ0n) is 13.6. The van der Waals surface area contributed by atoms with Gasteiger partial charge in [0.25, 0.3) is 0 Å². The van der Waals surface area contributed by atoms with Crippen molar-refractivity contribution in [1.29, 1.82) is 0 Å². The second-order valence-corrected chi connectivity index (χ2v) is 6.47. The van der Waals surface area contributed by atoms with Gasteiger partial charge in [-0.1, -0.05) is 0 Å². The molecule has 0 fully saturated rings. The number of hydrogen-bond acceptors (Lipinski definition) is 6. The Morgan fingerprint density at radius 3 is 2.79 bits per heavy atom. The van der Waals surface area contributed by atoms with Crippen molar-refractivity contribution in [2.75, 3.05) is 5.32 Å². The van der Waals surface area contributed by atoms with E-state index in [-0.39, 0.29) is 5.54 Å². The van der Waals surface area contributed by atoms with Crippen LogP contribution in [-0.4, -0.2) is 29.9 Å². The monoisotopic (exact) mass is 323 g/mol. The van der Waals surface area contributed by atoms with E-state index in [4.69, 9.17) is 4.42 Å². The van der Waals surface area contributed by atoms with Crippen LogP contribution < -0.4 is 5.32 Å². The summed E-state index contributed by atoms with van der Waals surface area (Å²) < 4.78 is 7.30. The molecule has 8 heteroatoms. The number of hydrogen-bond donors (Lipinski definition) is 2. The Morgan fingerprint density at radius 1 is 1.21 bits per heavy atom. The normalized spacial score (nSPS) is 12.0. The minimum absolute atomic E-state index is 0.0890. The lowest BCUT2D eigenvalue weighted by atomic mass is 10.1. The minimum atomic E-state index is -0.0890. The van der Waals surface area contributed by atoms with Gasteiger partial charge in [-0.05, 0) is 32.9 Å². The summed E-state index contributed by atoms with van der Waals surface area (Å²) in [6, 6.07) is 3.63. The number of nitrogens with one attached hydrogen (secondary N) is 2. The fourth-order valence-electron chi connectivity index (χ4n) is 2.34. The molecule has 0 saturated heterocycles. The molecule has 0 aliphatic rings. The molecule has 0 aliphatic carbocycles. The van der Waals surface area contributed by atoms with Gasteiger partial charge in [0.2, 0.25) is 0 Å². The quantitative estimate of drug-likeness (QED) is 0.600. The number of aromatic amines is 1. The molecular formula is C16H17N7O. The molecule has 24 heavy (non-hydrogen) atoms. The molecular weight excluding hydrogens is 306 g/mol. The molecule has 0 bridgehead atoms. The van der Waals surface area contributed by atoms with Crippen LogP contribution in [0.5, 0.6) is 0 Å². The summed E-state index contributed by atoms with van der Waals surface area (Å²) in [5.74, 6) is 1.73. The maximum absolute atomic E-state index is 5.40. The smallest absolute Gasteiger partial charge is 0.198 e. The number of nitrogens with zero attached hydrogens (tertiary/aromatic N) is 5. The number of fused-ring (bicyclic) bond motifs is 1. The van der Waals surface area contributed by atoms with E-state index < -0.39 is 0 Å². The first kappa shape index (κ1) is 14.4. The summed E-state index contributed by atoms with van der Waals surface area (Å²) >= 11 is 0. The maximum Gasteiger partial charge on any atom is 0.198 e. The molecule has 8 nitrogen and oxygen atoms in total. The third-order valence-corrected chi connectivity index (χ3v) is 3.57. The lowest BCUT2D eigenvalue weighted by Gasteiger charge is -2.18. The molecule has 0 atom stereocenters. The molecule has 4 aromatic rings. The van der Waals surface area contributed by atoms with Crippen LogP contribution in [0.25, 0.3) is 22.6 Å². The average Bonchev–Trinajstić information content (AvgIpc) is 3.27. The Balaban J connectivity index is 1.75. The van der Waals surface area contributed by atoms with Crippen LogP contribution in [0.2, 0.25) is 0 Å². The van der Waals surface area contributed by atoms with Crippen molar-refractivity contribution >= 4 is 22.5 Å². The second-order valence-electron chi connectivity index (χ2n) is 6.47. The number of rotatable bonds is 3. The van der Waals surface area contributed by atoms with Crippen LogP contribution in [0.1, 0.15) is 20.8 Å². The van der Waals surface area contributed by atoms with E-state index in [2.05, 4.69) is 51.4 Å². The average molecular weight is 323 g/mol. The highest BCUT2D eigenvalue weighted by molar-refractivity contribution is 5.88. The van der Waals surface area contributed by atoms with Crippen molar-refractivity contribution < 1.29 is 4.42 Å². The first-order valence-electron chi connectivity index (χ1n) is 7.58. The van der Waals surface area contributed by atoms with Gasteiger partial charge in [-0.3, -0.25) is 9.78 Å². The van der Waals surface area contributed by atoms with E-state index in [1.165, 1.54) is 0 Å². The number of aromatic nitrogens is 6. The molecule has 0 aromatic carbocycles. The molecule has 0 amide bonds. The first-order chi connectivity index (χ1) is 11.5. The standard InChI is InChI=1S/C16H17N7O/c1-16(2,3)23-9-10(7-18-23)19-15-13-11(8-17-22-13)20-14(21-15)12-5-4-6-24-12/h4-9H,1-3H3,(H,17,22)(H,19,20,21). The van der Waals surface area contributed by atoms with Crippen LogP contribution in [0.3, 0.4) is 0 Å². The van der Waals surface area contributed by atoms with Gasteiger partial charge in [0.15, 0.2) is 17.4 Å². The zero-order valence-corrected chi connectivity index (χ0v) is 13.6. The van der Waals surface area contributed by atoms with Crippen LogP contribution in [-0.2, 0) is 5.54 Å². The predicted octanol–water partition coefficient (Wildman–Crippen LogP) is 3.31. The Morgan fingerprint density at radius 2 is 2.08 bits per heavy atom. The summed E-state index contributed by atoms with van der Waals surface area (Å²) in [6.45, 7) is 6.28. The molecule has 122 valence electrons. The Hall–Kier alpha value is -3.16. The highest BCUT2D eigenvalue weighted by atomic mass is 16.3. The van der Waals surface area contributed by atoms with Crippen molar-refractivity contribution in [3.05, 3.63) is 37.0 Å². The molecule has 4 aromatic heterocycles. The van der Waals surface area contributed by atoms with Crippen LogP contribution >= 0.6 is 0 Å². The molecule has 2 N–H and O–H groups in total. The van der Waals surface area contributed by atoms with Gasteiger partial charge in [0.1, 0.15) is 11.0 Å². The van der Waals surface area contributed by atoms with Gasteiger partial charge in [0, 0.05) is 6.20 Å².